The van der Waals surface area contributed by atoms with Crippen molar-refractivity contribution in [2.45, 2.75) is 52.6 Å². The molecule has 7 heteroatoms. The molecule has 1 amide bonds. The summed E-state index contributed by atoms with van der Waals surface area (Å²) in [5, 5.41) is 9.42. The van der Waals surface area contributed by atoms with E-state index < -0.39 is 6.09 Å². The lowest BCUT2D eigenvalue weighted by atomic mass is 9.81. The Morgan fingerprint density at radius 2 is 1.96 bits per heavy atom. The van der Waals surface area contributed by atoms with Gasteiger partial charge in [-0.3, -0.25) is 4.90 Å². The van der Waals surface area contributed by atoms with Gasteiger partial charge in [-0.1, -0.05) is 26.8 Å². The lowest BCUT2D eigenvalue weighted by molar-refractivity contribution is -0.173. The number of benzene rings is 1. The van der Waals surface area contributed by atoms with E-state index in [9.17, 15) is 14.7 Å². The fourth-order valence-electron chi connectivity index (χ4n) is 4.73. The van der Waals surface area contributed by atoms with Gasteiger partial charge in [0.2, 0.25) is 0 Å². The molecule has 0 radical (unpaired) electrons. The molecule has 28 heavy (non-hydrogen) atoms. The lowest BCUT2D eigenvalue weighted by Crippen LogP contribution is -2.65. The summed E-state index contributed by atoms with van der Waals surface area (Å²) in [5.41, 5.74) is 3.62. The van der Waals surface area contributed by atoms with Crippen molar-refractivity contribution < 1.29 is 24.2 Å². The third-order valence-electron chi connectivity index (χ3n) is 6.27. The number of piperazine rings is 1. The summed E-state index contributed by atoms with van der Waals surface area (Å²) in [6.45, 7) is 11.2. The Labute approximate surface area is 165 Å². The van der Waals surface area contributed by atoms with E-state index in [2.05, 4.69) is 25.7 Å². The highest BCUT2D eigenvalue weighted by Crippen LogP contribution is 2.40. The van der Waals surface area contributed by atoms with Gasteiger partial charge in [-0.15, -0.1) is 0 Å². The highest BCUT2D eigenvalue weighted by molar-refractivity contribution is 5.93. The van der Waals surface area contributed by atoms with Crippen LogP contribution < -0.4 is 0 Å². The van der Waals surface area contributed by atoms with Crippen molar-refractivity contribution in [1.82, 2.24) is 9.80 Å². The maximum Gasteiger partial charge on any atom is 0.407 e. The molecule has 0 aliphatic carbocycles. The molecule has 0 aromatic heterocycles. The van der Waals surface area contributed by atoms with Gasteiger partial charge in [-0.25, -0.2) is 9.59 Å². The number of hydrogen-bond donors (Lipinski definition) is 1. The van der Waals surface area contributed by atoms with Gasteiger partial charge >= 0.3 is 12.1 Å². The number of ether oxygens (including phenoxy) is 2. The SMILES string of the molecule is Cc1c([C@@H]2CN3CCN(C(=O)O)C[C@@H]3C(C(C)(C)C)O2)ccc2c1COC2=O. The number of amides is 1. The van der Waals surface area contributed by atoms with Gasteiger partial charge in [0.05, 0.1) is 23.8 Å². The fraction of sp³-hybridized carbons (Fsp3) is 0.619. The van der Waals surface area contributed by atoms with Crippen molar-refractivity contribution in [3.05, 3.63) is 34.4 Å². The quantitative estimate of drug-likeness (QED) is 0.746. The van der Waals surface area contributed by atoms with Gasteiger partial charge in [0, 0.05) is 31.7 Å². The van der Waals surface area contributed by atoms with Crippen LogP contribution in [0.4, 0.5) is 4.79 Å². The molecule has 1 aromatic carbocycles. The molecule has 3 aliphatic rings. The number of carbonyl (C=O) groups is 2. The molecule has 3 atom stereocenters. The zero-order chi connectivity index (χ0) is 20.2. The number of fused-ring (bicyclic) bond motifs is 2. The van der Waals surface area contributed by atoms with E-state index in [1.54, 1.807) is 0 Å². The number of carboxylic acid groups (broad SMARTS) is 1. The van der Waals surface area contributed by atoms with E-state index in [1.807, 2.05) is 19.1 Å². The van der Waals surface area contributed by atoms with Gasteiger partial charge in [0.1, 0.15) is 6.61 Å². The molecular formula is C21H28N2O5. The van der Waals surface area contributed by atoms with E-state index in [0.717, 1.165) is 23.2 Å². The summed E-state index contributed by atoms with van der Waals surface area (Å²) in [6.07, 6.45) is -1.08. The molecule has 0 bridgehead atoms. The number of morpholine rings is 1. The Hall–Kier alpha value is -2.12. The van der Waals surface area contributed by atoms with Crippen LogP contribution in [0.5, 0.6) is 0 Å². The molecule has 1 unspecified atom stereocenters. The summed E-state index contributed by atoms with van der Waals surface area (Å²) in [6, 6.07) is 3.87. The van der Waals surface area contributed by atoms with Crippen LogP contribution in [0, 0.1) is 12.3 Å². The van der Waals surface area contributed by atoms with Crippen LogP contribution in [0.3, 0.4) is 0 Å². The van der Waals surface area contributed by atoms with Gasteiger partial charge in [0.15, 0.2) is 0 Å². The third-order valence-corrected chi connectivity index (χ3v) is 6.27. The van der Waals surface area contributed by atoms with Gasteiger partial charge in [-0.05, 0) is 29.5 Å². The summed E-state index contributed by atoms with van der Waals surface area (Å²) in [7, 11) is 0. The van der Waals surface area contributed by atoms with Crippen LogP contribution in [-0.2, 0) is 16.1 Å². The van der Waals surface area contributed by atoms with E-state index in [-0.39, 0.29) is 29.6 Å². The molecule has 1 N–H and O–H groups in total. The maximum atomic E-state index is 11.8. The summed E-state index contributed by atoms with van der Waals surface area (Å²) in [5.74, 6) is -0.258. The Morgan fingerprint density at radius 3 is 2.64 bits per heavy atom. The van der Waals surface area contributed by atoms with Gasteiger partial charge in [-0.2, -0.15) is 0 Å². The minimum Gasteiger partial charge on any atom is -0.465 e. The van der Waals surface area contributed by atoms with Crippen molar-refractivity contribution >= 4 is 12.1 Å². The summed E-state index contributed by atoms with van der Waals surface area (Å²) >= 11 is 0. The first kappa shape index (κ1) is 19.2. The van der Waals surface area contributed by atoms with Crippen LogP contribution in [-0.4, -0.2) is 65.3 Å². The van der Waals surface area contributed by atoms with E-state index in [4.69, 9.17) is 9.47 Å². The normalized spacial score (nSPS) is 27.9. The molecule has 0 spiro atoms. The largest absolute Gasteiger partial charge is 0.465 e. The highest BCUT2D eigenvalue weighted by atomic mass is 16.5. The molecule has 7 nitrogen and oxygen atoms in total. The van der Waals surface area contributed by atoms with Crippen molar-refractivity contribution in [1.29, 1.82) is 0 Å². The number of rotatable bonds is 1. The second-order valence-electron chi connectivity index (χ2n) is 9.08. The van der Waals surface area contributed by atoms with Crippen LogP contribution in [0.15, 0.2) is 12.1 Å². The van der Waals surface area contributed by atoms with Crippen molar-refractivity contribution in [2.24, 2.45) is 5.41 Å². The van der Waals surface area contributed by atoms with Crippen LogP contribution >= 0.6 is 0 Å². The Morgan fingerprint density at radius 1 is 1.21 bits per heavy atom. The van der Waals surface area contributed by atoms with Crippen molar-refractivity contribution in [3.8, 4) is 0 Å². The monoisotopic (exact) mass is 388 g/mol. The molecule has 1 aromatic rings. The Bertz CT molecular complexity index is 816. The Balaban J connectivity index is 1.65. The summed E-state index contributed by atoms with van der Waals surface area (Å²) < 4.78 is 11.8. The number of cyclic esters (lactones) is 1. The van der Waals surface area contributed by atoms with Crippen molar-refractivity contribution in [3.63, 3.8) is 0 Å². The number of nitrogens with zero attached hydrogens (tertiary/aromatic N) is 2. The van der Waals surface area contributed by atoms with E-state index in [1.165, 1.54) is 4.90 Å². The minimum absolute atomic E-state index is 0.0424. The summed E-state index contributed by atoms with van der Waals surface area (Å²) in [4.78, 5) is 27.2. The molecule has 0 saturated carbocycles. The average molecular weight is 388 g/mol. The smallest absolute Gasteiger partial charge is 0.407 e. The predicted octanol–water partition coefficient (Wildman–Crippen LogP) is 2.82. The molecule has 3 heterocycles. The van der Waals surface area contributed by atoms with Gasteiger partial charge < -0.3 is 19.5 Å². The van der Waals surface area contributed by atoms with Gasteiger partial charge in [0.25, 0.3) is 0 Å². The zero-order valence-corrected chi connectivity index (χ0v) is 16.9. The molecular weight excluding hydrogens is 360 g/mol. The second-order valence-corrected chi connectivity index (χ2v) is 9.08. The highest BCUT2D eigenvalue weighted by Gasteiger charge is 2.46. The van der Waals surface area contributed by atoms with Crippen LogP contribution in [0.1, 0.15) is 53.9 Å². The average Bonchev–Trinajstić information content (AvgIpc) is 3.01. The first-order valence-corrected chi connectivity index (χ1v) is 9.83. The molecule has 2 saturated heterocycles. The van der Waals surface area contributed by atoms with Crippen LogP contribution in [0.25, 0.3) is 0 Å². The number of hydrogen-bond acceptors (Lipinski definition) is 5. The minimum atomic E-state index is -0.867. The standard InChI is InChI=1S/C21H28N2O5/c1-12-13(5-6-14-15(12)11-27-19(14)24)17-10-22-7-8-23(20(25)26)9-16(22)18(28-17)21(2,3)4/h5-6,16-18H,7-11H2,1-4H3,(H,25,26)/t16-,17+,18?/m1/s1. The maximum absolute atomic E-state index is 11.8. The number of esters is 1. The molecule has 3 aliphatic heterocycles. The predicted molar refractivity (Wildman–Crippen MR) is 102 cm³/mol. The fourth-order valence-corrected chi connectivity index (χ4v) is 4.73. The van der Waals surface area contributed by atoms with E-state index in [0.29, 0.717) is 31.8 Å². The first-order chi connectivity index (χ1) is 13.2. The second kappa shape index (κ2) is 6.74. The number of carbonyl (C=O) groups excluding carboxylic acids is 1. The zero-order valence-electron chi connectivity index (χ0n) is 16.9. The Kier molecular flexibility index (Phi) is 4.62. The van der Waals surface area contributed by atoms with Crippen LogP contribution in [0.2, 0.25) is 0 Å². The first-order valence-electron chi connectivity index (χ1n) is 9.83. The molecule has 152 valence electrons. The molecule has 4 rings (SSSR count). The van der Waals surface area contributed by atoms with E-state index >= 15 is 0 Å². The molecule has 2 fully saturated rings. The van der Waals surface area contributed by atoms with Crippen molar-refractivity contribution in [2.75, 3.05) is 26.2 Å². The third kappa shape index (κ3) is 3.16. The lowest BCUT2D eigenvalue weighted by Gasteiger charge is -2.53. The topological polar surface area (TPSA) is 79.3 Å².